The van der Waals surface area contributed by atoms with E-state index in [1.54, 1.807) is 12.1 Å². The van der Waals surface area contributed by atoms with E-state index in [-0.39, 0.29) is 21.8 Å². The summed E-state index contributed by atoms with van der Waals surface area (Å²) in [5.41, 5.74) is 1.65. The van der Waals surface area contributed by atoms with Gasteiger partial charge in [-0.15, -0.1) is 0 Å². The molecule has 0 saturated heterocycles. The minimum atomic E-state index is -4.07. The van der Waals surface area contributed by atoms with Crippen molar-refractivity contribution in [2.45, 2.75) is 30.8 Å². The zero-order valence-electron chi connectivity index (χ0n) is 19.2. The average Bonchev–Trinajstić information content (AvgIpc) is 2.87. The predicted octanol–water partition coefficient (Wildman–Crippen LogP) is 4.40. The van der Waals surface area contributed by atoms with E-state index in [9.17, 15) is 22.4 Å². The standard InChI is InChI=1S/C26H24FNO6S/c1-17(25(29)19-9-12-21(27)13-10-19)34-26(30)20-11-14-23(33-2)24(16-20)35(31,32)28-15-5-7-18-6-3-4-8-22(18)28/h3-4,6,8-14,16-17H,5,7,15H2,1-2H3/t17-/m1/s1. The lowest BCUT2D eigenvalue weighted by atomic mass is 10.0. The molecule has 1 heterocycles. The van der Waals surface area contributed by atoms with Gasteiger partial charge in [-0.1, -0.05) is 18.2 Å². The number of anilines is 1. The fourth-order valence-electron chi connectivity index (χ4n) is 4.00. The number of fused-ring (bicyclic) bond motifs is 1. The molecule has 0 amide bonds. The molecular weight excluding hydrogens is 473 g/mol. The molecule has 0 aliphatic carbocycles. The van der Waals surface area contributed by atoms with Crippen molar-refractivity contribution >= 4 is 27.5 Å². The highest BCUT2D eigenvalue weighted by Gasteiger charge is 2.32. The summed E-state index contributed by atoms with van der Waals surface area (Å²) in [6.07, 6.45) is 0.263. The zero-order valence-corrected chi connectivity index (χ0v) is 20.0. The van der Waals surface area contributed by atoms with Crippen LogP contribution in [0.25, 0.3) is 0 Å². The van der Waals surface area contributed by atoms with Crippen molar-refractivity contribution in [2.24, 2.45) is 0 Å². The Balaban J connectivity index is 1.62. The molecule has 35 heavy (non-hydrogen) atoms. The van der Waals surface area contributed by atoms with Crippen LogP contribution in [0.4, 0.5) is 10.1 Å². The summed E-state index contributed by atoms with van der Waals surface area (Å²) < 4.78 is 52.4. The first-order valence-corrected chi connectivity index (χ1v) is 12.5. The maximum atomic E-state index is 13.7. The Hall–Kier alpha value is -3.72. The molecule has 0 radical (unpaired) electrons. The Kier molecular flexibility index (Phi) is 6.88. The number of methoxy groups -OCH3 is 1. The van der Waals surface area contributed by atoms with Crippen molar-refractivity contribution in [1.29, 1.82) is 0 Å². The molecule has 0 bridgehead atoms. The fraction of sp³-hybridized carbons (Fsp3) is 0.231. The van der Waals surface area contributed by atoms with Gasteiger partial charge in [0.25, 0.3) is 10.0 Å². The van der Waals surface area contributed by atoms with Gasteiger partial charge in [-0.3, -0.25) is 9.10 Å². The van der Waals surface area contributed by atoms with E-state index in [0.29, 0.717) is 18.7 Å². The van der Waals surface area contributed by atoms with Crippen LogP contribution in [0.15, 0.2) is 71.6 Å². The molecule has 1 atom stereocenters. The first kappa shape index (κ1) is 24.4. The molecule has 182 valence electrons. The lowest BCUT2D eigenvalue weighted by Crippen LogP contribution is -2.35. The van der Waals surface area contributed by atoms with Crippen LogP contribution in [-0.4, -0.2) is 39.9 Å². The fourth-order valence-corrected chi connectivity index (χ4v) is 5.73. The van der Waals surface area contributed by atoms with E-state index in [4.69, 9.17) is 9.47 Å². The molecule has 9 heteroatoms. The summed E-state index contributed by atoms with van der Waals surface area (Å²) in [4.78, 5) is 25.2. The van der Waals surface area contributed by atoms with Gasteiger partial charge in [-0.25, -0.2) is 17.6 Å². The highest BCUT2D eigenvalue weighted by atomic mass is 32.2. The Morgan fingerprint density at radius 1 is 1.00 bits per heavy atom. The Labute approximate surface area is 203 Å². The lowest BCUT2D eigenvalue weighted by molar-refractivity contribution is 0.0318. The van der Waals surface area contributed by atoms with Gasteiger partial charge in [0.1, 0.15) is 16.5 Å². The Bertz CT molecular complexity index is 1370. The van der Waals surface area contributed by atoms with E-state index in [0.717, 1.165) is 24.1 Å². The normalized spacial score (nSPS) is 14.1. The third kappa shape index (κ3) is 4.90. The summed E-state index contributed by atoms with van der Waals surface area (Å²) in [7, 11) is -2.72. The second-order valence-corrected chi connectivity index (χ2v) is 9.92. The molecule has 0 fully saturated rings. The number of benzene rings is 3. The number of carbonyl (C=O) groups is 2. The Morgan fingerprint density at radius 3 is 2.40 bits per heavy atom. The molecule has 3 aromatic carbocycles. The van der Waals surface area contributed by atoms with E-state index >= 15 is 0 Å². The zero-order chi connectivity index (χ0) is 25.2. The van der Waals surface area contributed by atoms with Gasteiger partial charge in [-0.2, -0.15) is 0 Å². The minimum Gasteiger partial charge on any atom is -0.495 e. The first-order chi connectivity index (χ1) is 16.7. The van der Waals surface area contributed by atoms with Crippen molar-refractivity contribution in [1.82, 2.24) is 0 Å². The third-order valence-electron chi connectivity index (χ3n) is 5.82. The van der Waals surface area contributed by atoms with Gasteiger partial charge >= 0.3 is 5.97 Å². The number of esters is 1. The SMILES string of the molecule is COc1ccc(C(=O)O[C@H](C)C(=O)c2ccc(F)cc2)cc1S(=O)(=O)N1CCCc2ccccc21. The van der Waals surface area contributed by atoms with E-state index in [2.05, 4.69) is 0 Å². The number of Topliss-reactive ketones (excluding diaryl/α,β-unsaturated/α-hetero) is 1. The molecule has 0 N–H and O–H groups in total. The van der Waals surface area contributed by atoms with Gasteiger partial charge in [0.15, 0.2) is 6.10 Å². The second-order valence-electron chi connectivity index (χ2n) is 8.09. The van der Waals surface area contributed by atoms with Crippen LogP contribution in [0.2, 0.25) is 0 Å². The number of hydrogen-bond acceptors (Lipinski definition) is 6. The second kappa shape index (κ2) is 9.87. The smallest absolute Gasteiger partial charge is 0.338 e. The molecule has 0 spiro atoms. The highest BCUT2D eigenvalue weighted by Crippen LogP contribution is 2.35. The number of halogens is 1. The number of ether oxygens (including phenoxy) is 2. The van der Waals surface area contributed by atoms with Crippen molar-refractivity contribution in [2.75, 3.05) is 18.0 Å². The van der Waals surface area contributed by atoms with Gasteiger partial charge in [-0.05, 0) is 73.9 Å². The number of ketones is 1. The molecule has 0 unspecified atom stereocenters. The largest absolute Gasteiger partial charge is 0.495 e. The average molecular weight is 498 g/mol. The number of para-hydroxylation sites is 1. The molecule has 4 rings (SSSR count). The molecule has 1 aliphatic heterocycles. The van der Waals surface area contributed by atoms with Crippen LogP contribution in [0.1, 0.15) is 39.6 Å². The molecule has 0 saturated carbocycles. The van der Waals surface area contributed by atoms with Crippen LogP contribution >= 0.6 is 0 Å². The number of aryl methyl sites for hydroxylation is 1. The summed E-state index contributed by atoms with van der Waals surface area (Å²) in [6, 6.07) is 16.1. The van der Waals surface area contributed by atoms with E-state index < -0.39 is 33.7 Å². The predicted molar refractivity (Wildman–Crippen MR) is 128 cm³/mol. The van der Waals surface area contributed by atoms with E-state index in [1.807, 2.05) is 12.1 Å². The molecule has 1 aliphatic rings. The quantitative estimate of drug-likeness (QED) is 0.355. The summed E-state index contributed by atoms with van der Waals surface area (Å²) in [5, 5.41) is 0. The maximum Gasteiger partial charge on any atom is 0.338 e. The van der Waals surface area contributed by atoms with Crippen LogP contribution in [0.5, 0.6) is 5.75 Å². The van der Waals surface area contributed by atoms with Crippen molar-refractivity contribution in [3.8, 4) is 5.75 Å². The van der Waals surface area contributed by atoms with Gasteiger partial charge in [0.05, 0.1) is 18.4 Å². The highest BCUT2D eigenvalue weighted by molar-refractivity contribution is 7.93. The van der Waals surface area contributed by atoms with Crippen LogP contribution in [0, 0.1) is 5.82 Å². The van der Waals surface area contributed by atoms with Crippen LogP contribution in [0.3, 0.4) is 0 Å². The molecule has 0 aromatic heterocycles. The molecular formula is C26H24FNO6S. The monoisotopic (exact) mass is 497 g/mol. The third-order valence-corrected chi connectivity index (χ3v) is 7.65. The number of nitrogens with zero attached hydrogens (tertiary/aromatic N) is 1. The number of hydrogen-bond donors (Lipinski definition) is 0. The Morgan fingerprint density at radius 2 is 1.69 bits per heavy atom. The van der Waals surface area contributed by atoms with Gasteiger partial charge in [0.2, 0.25) is 5.78 Å². The number of sulfonamides is 1. The van der Waals surface area contributed by atoms with Crippen molar-refractivity contribution in [3.05, 3.63) is 89.2 Å². The number of rotatable bonds is 7. The topological polar surface area (TPSA) is 90.0 Å². The minimum absolute atomic E-state index is 0.0478. The molecule has 3 aromatic rings. The first-order valence-electron chi connectivity index (χ1n) is 11.0. The maximum absolute atomic E-state index is 13.7. The lowest BCUT2D eigenvalue weighted by Gasteiger charge is -2.31. The van der Waals surface area contributed by atoms with Gasteiger partial charge < -0.3 is 9.47 Å². The van der Waals surface area contributed by atoms with E-state index in [1.165, 1.54) is 48.7 Å². The summed E-state index contributed by atoms with van der Waals surface area (Å²) in [6.45, 7) is 1.69. The number of carbonyl (C=O) groups excluding carboxylic acids is 2. The van der Waals surface area contributed by atoms with Crippen LogP contribution in [-0.2, 0) is 21.2 Å². The van der Waals surface area contributed by atoms with Crippen LogP contribution < -0.4 is 9.04 Å². The van der Waals surface area contributed by atoms with Crippen molar-refractivity contribution < 1.29 is 31.9 Å². The van der Waals surface area contributed by atoms with Gasteiger partial charge in [0, 0.05) is 12.1 Å². The summed E-state index contributed by atoms with van der Waals surface area (Å²) >= 11 is 0. The summed E-state index contributed by atoms with van der Waals surface area (Å²) in [5.74, 6) is -1.79. The van der Waals surface area contributed by atoms with Crippen molar-refractivity contribution in [3.63, 3.8) is 0 Å². The molecule has 7 nitrogen and oxygen atoms in total.